The maximum absolute atomic E-state index is 2.73. The van der Waals surface area contributed by atoms with Crippen LogP contribution in [0.15, 0.2) is 127 Å². The first kappa shape index (κ1) is 44.4. The monoisotopic (exact) mass is 903 g/mol. The molecular formula is C66H71BN2. The van der Waals surface area contributed by atoms with E-state index in [1.54, 1.807) is 0 Å². The molecule has 0 amide bonds. The molecule has 0 spiro atoms. The smallest absolute Gasteiger partial charge is 0.252 e. The molecule has 2 aliphatic carbocycles. The van der Waals surface area contributed by atoms with Crippen LogP contribution >= 0.6 is 0 Å². The van der Waals surface area contributed by atoms with E-state index in [2.05, 4.69) is 234 Å². The summed E-state index contributed by atoms with van der Waals surface area (Å²) in [4.78, 5) is 5.44. The summed E-state index contributed by atoms with van der Waals surface area (Å²) in [6.07, 6.45) is 4.73. The van der Waals surface area contributed by atoms with Gasteiger partial charge in [-0.3, -0.25) is 0 Å². The number of benzene rings is 7. The quantitative estimate of drug-likeness (QED) is 0.160. The number of fused-ring (bicyclic) bond motifs is 7. The van der Waals surface area contributed by atoms with Crippen LogP contribution in [0.1, 0.15) is 160 Å². The standard InChI is InChI=1S/C66H71BN2/c1-40-32-57-59-58(33-40)69-55-36-44(66(13,14)43-22-20-42(21-23-43)48-35-45(61(2,3)4)34-47(60(48)69)41-18-16-15-17-19-41)24-27-53(55)67(59)54-38-51-52(65(11,12)31-30-64(51,9)10)39-56(54)68(57)46-25-26-49-50(37-46)63(7,8)29-28-62(49,5)6/h15-27,32-39H,28-31H2,1-14H3. The van der Waals surface area contributed by atoms with Crippen molar-refractivity contribution in [3.05, 3.63) is 172 Å². The molecule has 0 aromatic heterocycles. The molecular weight excluding hydrogens is 832 g/mol. The zero-order chi connectivity index (χ0) is 48.5. The third-order valence-electron chi connectivity index (χ3n) is 18.2. The Labute approximate surface area is 414 Å². The summed E-state index contributed by atoms with van der Waals surface area (Å²) in [7, 11) is 0. The molecule has 0 saturated carbocycles. The first-order valence-corrected chi connectivity index (χ1v) is 26.0. The lowest BCUT2D eigenvalue weighted by Crippen LogP contribution is -2.62. The second-order valence-electron chi connectivity index (χ2n) is 26.1. The molecule has 4 bridgehead atoms. The maximum atomic E-state index is 2.73. The van der Waals surface area contributed by atoms with Gasteiger partial charge in [-0.05, 0) is 180 Å². The SMILES string of the molecule is Cc1cc2c3c(c1)N1c4cc(ccc4B3c3cc4c(cc3N2c2ccc3c(c2)C(C)(C)CCC3(C)C)C(C)(C)CCC4(C)C)C(C)(C)c2ccc(cc2)-c2cc(C(C)(C)C)cc(-c3ccccc3)c21. The van der Waals surface area contributed by atoms with Gasteiger partial charge in [0, 0.05) is 45.0 Å². The van der Waals surface area contributed by atoms with Crippen LogP contribution in [0.5, 0.6) is 0 Å². The first-order chi connectivity index (χ1) is 32.5. The van der Waals surface area contributed by atoms with E-state index in [0.717, 1.165) is 0 Å². The summed E-state index contributed by atoms with van der Waals surface area (Å²) in [6, 6.07) is 51.4. The summed E-state index contributed by atoms with van der Waals surface area (Å²) >= 11 is 0. The number of anilines is 6. The van der Waals surface area contributed by atoms with Crippen molar-refractivity contribution in [3.8, 4) is 22.3 Å². The molecule has 4 aliphatic heterocycles. The Balaban J connectivity index is 1.24. The summed E-state index contributed by atoms with van der Waals surface area (Å²) in [5.41, 5.74) is 28.2. The van der Waals surface area contributed by atoms with E-state index in [1.165, 1.54) is 143 Å². The van der Waals surface area contributed by atoms with Crippen LogP contribution < -0.4 is 26.2 Å². The van der Waals surface area contributed by atoms with Gasteiger partial charge in [-0.25, -0.2) is 0 Å². The van der Waals surface area contributed by atoms with Gasteiger partial charge in [0.25, 0.3) is 6.71 Å². The van der Waals surface area contributed by atoms with E-state index in [9.17, 15) is 0 Å². The van der Waals surface area contributed by atoms with Crippen LogP contribution in [0.3, 0.4) is 0 Å². The maximum Gasteiger partial charge on any atom is 0.252 e. The minimum absolute atomic E-state index is 0.0280. The fourth-order valence-corrected chi connectivity index (χ4v) is 13.4. The van der Waals surface area contributed by atoms with E-state index in [1.807, 2.05) is 0 Å². The molecule has 13 rings (SSSR count). The minimum atomic E-state index is -0.225. The van der Waals surface area contributed by atoms with Crippen molar-refractivity contribution in [2.24, 2.45) is 0 Å². The highest BCUT2D eigenvalue weighted by Crippen LogP contribution is 2.55. The largest absolute Gasteiger partial charge is 0.311 e. The van der Waals surface area contributed by atoms with Crippen LogP contribution in [-0.2, 0) is 32.5 Å². The Hall–Kier alpha value is -5.80. The van der Waals surface area contributed by atoms with Crippen molar-refractivity contribution < 1.29 is 0 Å². The zero-order valence-corrected chi connectivity index (χ0v) is 43.9. The van der Waals surface area contributed by atoms with E-state index in [4.69, 9.17) is 0 Å². The Morgan fingerprint density at radius 1 is 0.449 bits per heavy atom. The number of hydrogen-bond donors (Lipinski definition) is 0. The number of aryl methyl sites for hydroxylation is 1. The molecule has 0 saturated heterocycles. The van der Waals surface area contributed by atoms with Crippen molar-refractivity contribution in [1.29, 1.82) is 0 Å². The summed E-state index contributed by atoms with van der Waals surface area (Å²) in [6.45, 7) is 34.1. The second kappa shape index (κ2) is 14.4. The third kappa shape index (κ3) is 6.50. The van der Waals surface area contributed by atoms with Crippen LogP contribution in [0.25, 0.3) is 22.3 Å². The van der Waals surface area contributed by atoms with Crippen LogP contribution in [0, 0.1) is 6.92 Å². The van der Waals surface area contributed by atoms with E-state index in [0.29, 0.717) is 0 Å². The molecule has 0 radical (unpaired) electrons. The van der Waals surface area contributed by atoms with Crippen molar-refractivity contribution in [1.82, 2.24) is 0 Å². The van der Waals surface area contributed by atoms with Crippen molar-refractivity contribution in [2.45, 2.75) is 155 Å². The second-order valence-corrected chi connectivity index (χ2v) is 26.1. The molecule has 69 heavy (non-hydrogen) atoms. The number of nitrogens with zero attached hydrogens (tertiary/aromatic N) is 2. The molecule has 4 heterocycles. The Bertz CT molecular complexity index is 3300. The number of hydrogen-bond acceptors (Lipinski definition) is 2. The Kier molecular flexibility index (Phi) is 9.27. The lowest BCUT2D eigenvalue weighted by Gasteiger charge is -2.48. The van der Waals surface area contributed by atoms with Crippen LogP contribution in [-0.4, -0.2) is 6.71 Å². The molecule has 0 unspecified atom stereocenters. The average molecular weight is 903 g/mol. The topological polar surface area (TPSA) is 6.48 Å². The molecule has 0 fully saturated rings. The predicted molar refractivity (Wildman–Crippen MR) is 297 cm³/mol. The molecule has 348 valence electrons. The van der Waals surface area contributed by atoms with Gasteiger partial charge >= 0.3 is 0 Å². The van der Waals surface area contributed by atoms with E-state index in [-0.39, 0.29) is 39.2 Å². The summed E-state index contributed by atoms with van der Waals surface area (Å²) < 4.78 is 0. The van der Waals surface area contributed by atoms with Gasteiger partial charge in [-0.2, -0.15) is 0 Å². The highest BCUT2D eigenvalue weighted by molar-refractivity contribution is 7.00. The fourth-order valence-electron chi connectivity index (χ4n) is 13.4. The lowest BCUT2D eigenvalue weighted by molar-refractivity contribution is 0.332. The third-order valence-corrected chi connectivity index (χ3v) is 18.2. The predicted octanol–water partition coefficient (Wildman–Crippen LogP) is 16.0. The van der Waals surface area contributed by atoms with Gasteiger partial charge in [0.05, 0.1) is 5.69 Å². The van der Waals surface area contributed by atoms with Gasteiger partial charge in [0.1, 0.15) is 0 Å². The molecule has 3 heteroatoms. The lowest BCUT2D eigenvalue weighted by atomic mass is 9.33. The molecule has 0 N–H and O–H groups in total. The number of rotatable bonds is 2. The summed E-state index contributed by atoms with van der Waals surface area (Å²) in [5, 5.41) is 0. The van der Waals surface area contributed by atoms with E-state index < -0.39 is 0 Å². The van der Waals surface area contributed by atoms with Crippen LogP contribution in [0.2, 0.25) is 0 Å². The van der Waals surface area contributed by atoms with Gasteiger partial charge in [0.2, 0.25) is 0 Å². The van der Waals surface area contributed by atoms with Crippen LogP contribution in [0.4, 0.5) is 34.1 Å². The summed E-state index contributed by atoms with van der Waals surface area (Å²) in [5.74, 6) is 0. The highest BCUT2D eigenvalue weighted by atomic mass is 15.2. The van der Waals surface area contributed by atoms with Crippen molar-refractivity contribution in [2.75, 3.05) is 9.80 Å². The van der Waals surface area contributed by atoms with Gasteiger partial charge in [-0.1, -0.05) is 169 Å². The molecule has 6 aliphatic rings. The average Bonchev–Trinajstić information content (AvgIpc) is 3.32. The normalized spacial score (nSPS) is 19.1. The van der Waals surface area contributed by atoms with Crippen molar-refractivity contribution >= 4 is 57.2 Å². The molecule has 0 atom stereocenters. The fraction of sp³-hybridized carbons (Fsp3) is 0.364. The Morgan fingerprint density at radius 2 is 0.971 bits per heavy atom. The molecule has 2 nitrogen and oxygen atoms in total. The van der Waals surface area contributed by atoms with E-state index >= 15 is 0 Å². The first-order valence-electron chi connectivity index (χ1n) is 26.0. The molecule has 7 aromatic carbocycles. The Morgan fingerprint density at radius 3 is 1.58 bits per heavy atom. The van der Waals surface area contributed by atoms with Crippen molar-refractivity contribution in [3.63, 3.8) is 0 Å². The minimum Gasteiger partial charge on any atom is -0.311 e. The van der Waals surface area contributed by atoms with Gasteiger partial charge in [0.15, 0.2) is 0 Å². The molecule has 7 aromatic rings. The van der Waals surface area contributed by atoms with Gasteiger partial charge in [-0.15, -0.1) is 0 Å². The van der Waals surface area contributed by atoms with Gasteiger partial charge < -0.3 is 9.80 Å². The zero-order valence-electron chi connectivity index (χ0n) is 43.9. The highest BCUT2D eigenvalue weighted by Gasteiger charge is 2.48.